The van der Waals surface area contributed by atoms with Crippen LogP contribution in [0.1, 0.15) is 53.1 Å². The Hall–Kier alpha value is -2.66. The zero-order chi connectivity index (χ0) is 19.9. The summed E-state index contributed by atoms with van der Waals surface area (Å²) in [6, 6.07) is 15.7. The Morgan fingerprint density at radius 2 is 1.75 bits per heavy atom. The van der Waals surface area contributed by atoms with Crippen molar-refractivity contribution < 1.29 is 9.59 Å². The maximum Gasteiger partial charge on any atom is 0.250 e. The fourth-order valence-electron chi connectivity index (χ4n) is 3.81. The van der Waals surface area contributed by atoms with Crippen LogP contribution in [0.4, 0.5) is 5.69 Å². The lowest BCUT2D eigenvalue weighted by molar-refractivity contribution is -0.116. The Balaban J connectivity index is 1.39. The number of hydrogen-bond acceptors (Lipinski definition) is 3. The molecule has 2 aromatic carbocycles. The molecule has 0 radical (unpaired) electrons. The molecule has 3 N–H and O–H groups in total. The fraction of sp³-hybridized carbons (Fsp3) is 0.391. The van der Waals surface area contributed by atoms with Gasteiger partial charge in [0.25, 0.3) is 5.91 Å². The van der Waals surface area contributed by atoms with E-state index in [1.807, 2.05) is 0 Å². The molecule has 0 unspecified atom stereocenters. The Bertz CT molecular complexity index is 809. The highest BCUT2D eigenvalue weighted by Crippen LogP contribution is 2.28. The zero-order valence-electron chi connectivity index (χ0n) is 16.5. The molecule has 28 heavy (non-hydrogen) atoms. The number of primary amides is 1. The number of nitrogens with one attached hydrogen (secondary N) is 1. The van der Waals surface area contributed by atoms with Gasteiger partial charge in [0.15, 0.2) is 0 Å². The molecule has 0 aliphatic carbocycles. The van der Waals surface area contributed by atoms with Crippen LogP contribution in [0, 0.1) is 6.92 Å². The van der Waals surface area contributed by atoms with Gasteiger partial charge in [0.05, 0.1) is 11.3 Å². The predicted octanol–water partition coefficient (Wildman–Crippen LogP) is 3.69. The van der Waals surface area contributed by atoms with Gasteiger partial charge in [0.1, 0.15) is 0 Å². The SMILES string of the molecule is Cc1ccc(C2CCN(CCCC(=O)Nc3ccccc3C(N)=O)CC2)cc1. The molecule has 1 aliphatic rings. The number of para-hydroxylation sites is 1. The van der Waals surface area contributed by atoms with E-state index in [0.29, 0.717) is 23.6 Å². The molecule has 0 spiro atoms. The zero-order valence-corrected chi connectivity index (χ0v) is 16.5. The van der Waals surface area contributed by atoms with Gasteiger partial charge in [-0.25, -0.2) is 0 Å². The third-order valence-corrected chi connectivity index (χ3v) is 5.48. The summed E-state index contributed by atoms with van der Waals surface area (Å²) >= 11 is 0. The first-order valence-corrected chi connectivity index (χ1v) is 10.0. The third-order valence-electron chi connectivity index (χ3n) is 5.48. The van der Waals surface area contributed by atoms with Crippen LogP contribution in [0.2, 0.25) is 0 Å². The van der Waals surface area contributed by atoms with Crippen LogP contribution in [0.15, 0.2) is 48.5 Å². The molecule has 0 aromatic heterocycles. The molecule has 0 saturated carbocycles. The van der Waals surface area contributed by atoms with Crippen LogP contribution in [0.25, 0.3) is 0 Å². The smallest absolute Gasteiger partial charge is 0.250 e. The standard InChI is InChI=1S/C23H29N3O2/c1-17-8-10-18(11-9-17)19-12-15-26(16-13-19)14-4-7-22(27)25-21-6-3-2-5-20(21)23(24)28/h2-3,5-6,8-11,19H,4,7,12-16H2,1H3,(H2,24,28)(H,25,27). The number of rotatable bonds is 7. The molecule has 5 heteroatoms. The molecule has 1 heterocycles. The molecular weight excluding hydrogens is 350 g/mol. The number of benzene rings is 2. The van der Waals surface area contributed by atoms with Gasteiger partial charge in [-0.3, -0.25) is 9.59 Å². The first kappa shape index (κ1) is 20.1. The maximum atomic E-state index is 12.2. The number of hydrogen-bond donors (Lipinski definition) is 2. The Kier molecular flexibility index (Phi) is 6.82. The topological polar surface area (TPSA) is 75.4 Å². The van der Waals surface area contributed by atoms with E-state index in [1.165, 1.54) is 24.0 Å². The van der Waals surface area contributed by atoms with Crippen molar-refractivity contribution in [1.82, 2.24) is 4.90 Å². The van der Waals surface area contributed by atoms with Gasteiger partial charge in [-0.2, -0.15) is 0 Å². The summed E-state index contributed by atoms with van der Waals surface area (Å²) < 4.78 is 0. The van der Waals surface area contributed by atoms with Gasteiger partial charge < -0.3 is 16.0 Å². The average molecular weight is 380 g/mol. The van der Waals surface area contributed by atoms with Crippen LogP contribution < -0.4 is 11.1 Å². The molecule has 1 aliphatic heterocycles. The molecule has 0 bridgehead atoms. The quantitative estimate of drug-likeness (QED) is 0.770. The number of likely N-dealkylation sites (tertiary alicyclic amines) is 1. The van der Waals surface area contributed by atoms with E-state index < -0.39 is 5.91 Å². The van der Waals surface area contributed by atoms with E-state index in [1.54, 1.807) is 24.3 Å². The number of piperidine rings is 1. The lowest BCUT2D eigenvalue weighted by atomic mass is 9.89. The predicted molar refractivity (Wildman–Crippen MR) is 112 cm³/mol. The van der Waals surface area contributed by atoms with Crippen LogP contribution in [0.3, 0.4) is 0 Å². The number of carbonyl (C=O) groups excluding carboxylic acids is 2. The fourth-order valence-corrected chi connectivity index (χ4v) is 3.81. The monoisotopic (exact) mass is 379 g/mol. The van der Waals surface area contributed by atoms with Gasteiger partial charge in [0.2, 0.25) is 5.91 Å². The number of amides is 2. The van der Waals surface area contributed by atoms with Gasteiger partial charge in [0, 0.05) is 6.42 Å². The molecule has 1 fully saturated rings. The van der Waals surface area contributed by atoms with Gasteiger partial charge >= 0.3 is 0 Å². The van der Waals surface area contributed by atoms with Crippen molar-refractivity contribution in [2.75, 3.05) is 25.0 Å². The largest absolute Gasteiger partial charge is 0.366 e. The molecule has 5 nitrogen and oxygen atoms in total. The summed E-state index contributed by atoms with van der Waals surface area (Å²) in [5, 5.41) is 2.80. The molecule has 3 rings (SSSR count). The molecule has 2 amide bonds. The Morgan fingerprint density at radius 1 is 1.07 bits per heavy atom. The van der Waals surface area contributed by atoms with Crippen LogP contribution in [-0.2, 0) is 4.79 Å². The summed E-state index contributed by atoms with van der Waals surface area (Å²) in [7, 11) is 0. The number of nitrogens with two attached hydrogens (primary N) is 1. The van der Waals surface area contributed by atoms with Crippen LogP contribution in [-0.4, -0.2) is 36.3 Å². The second-order valence-corrected chi connectivity index (χ2v) is 7.59. The van der Waals surface area contributed by atoms with Crippen molar-refractivity contribution in [3.05, 3.63) is 65.2 Å². The first-order valence-electron chi connectivity index (χ1n) is 10.0. The van der Waals surface area contributed by atoms with Crippen molar-refractivity contribution >= 4 is 17.5 Å². The summed E-state index contributed by atoms with van der Waals surface area (Å²) in [6.45, 7) is 5.19. The van der Waals surface area contributed by atoms with Crippen molar-refractivity contribution in [3.8, 4) is 0 Å². The molecule has 0 atom stereocenters. The minimum Gasteiger partial charge on any atom is -0.366 e. The summed E-state index contributed by atoms with van der Waals surface area (Å²) in [6.07, 6.45) is 3.58. The maximum absolute atomic E-state index is 12.2. The number of anilines is 1. The van der Waals surface area contributed by atoms with Crippen molar-refractivity contribution in [2.45, 2.75) is 38.5 Å². The van der Waals surface area contributed by atoms with E-state index in [0.717, 1.165) is 26.1 Å². The van der Waals surface area contributed by atoms with Crippen molar-refractivity contribution in [2.24, 2.45) is 5.73 Å². The summed E-state index contributed by atoms with van der Waals surface area (Å²) in [5.41, 5.74) is 8.92. The Labute approximate surface area is 166 Å². The van der Waals surface area contributed by atoms with Crippen molar-refractivity contribution in [3.63, 3.8) is 0 Å². The summed E-state index contributed by atoms with van der Waals surface area (Å²) in [4.78, 5) is 26.1. The first-order chi connectivity index (χ1) is 13.5. The average Bonchev–Trinajstić information content (AvgIpc) is 2.69. The Morgan fingerprint density at radius 3 is 2.43 bits per heavy atom. The highest BCUT2D eigenvalue weighted by molar-refractivity contribution is 6.02. The minimum atomic E-state index is -0.535. The molecule has 148 valence electrons. The molecule has 1 saturated heterocycles. The molecular formula is C23H29N3O2. The van der Waals surface area contributed by atoms with Crippen LogP contribution >= 0.6 is 0 Å². The van der Waals surface area contributed by atoms with Crippen LogP contribution in [0.5, 0.6) is 0 Å². The minimum absolute atomic E-state index is 0.0803. The lowest BCUT2D eigenvalue weighted by Gasteiger charge is -2.32. The number of aryl methyl sites for hydroxylation is 1. The third kappa shape index (κ3) is 5.42. The van der Waals surface area contributed by atoms with Gasteiger partial charge in [-0.15, -0.1) is 0 Å². The summed E-state index contributed by atoms with van der Waals surface area (Å²) in [5.74, 6) is 0.0287. The van der Waals surface area contributed by atoms with Gasteiger partial charge in [-0.05, 0) is 69.4 Å². The normalized spacial score (nSPS) is 15.3. The number of nitrogens with zero attached hydrogens (tertiary/aromatic N) is 1. The second kappa shape index (κ2) is 9.51. The van der Waals surface area contributed by atoms with E-state index in [4.69, 9.17) is 5.73 Å². The van der Waals surface area contributed by atoms with E-state index in [9.17, 15) is 9.59 Å². The second-order valence-electron chi connectivity index (χ2n) is 7.59. The van der Waals surface area contributed by atoms with Gasteiger partial charge in [-0.1, -0.05) is 42.0 Å². The highest BCUT2D eigenvalue weighted by atomic mass is 16.2. The highest BCUT2D eigenvalue weighted by Gasteiger charge is 2.20. The number of carbonyl (C=O) groups is 2. The van der Waals surface area contributed by atoms with Crippen molar-refractivity contribution in [1.29, 1.82) is 0 Å². The van der Waals surface area contributed by atoms with E-state index in [-0.39, 0.29) is 5.91 Å². The lowest BCUT2D eigenvalue weighted by Crippen LogP contribution is -2.34. The van der Waals surface area contributed by atoms with E-state index >= 15 is 0 Å². The van der Waals surface area contributed by atoms with E-state index in [2.05, 4.69) is 41.4 Å². The molecule has 2 aromatic rings.